The molecule has 4 rings (SSSR count). The zero-order chi connectivity index (χ0) is 22.2. The van der Waals surface area contributed by atoms with E-state index in [-0.39, 0.29) is 5.54 Å². The highest BCUT2D eigenvalue weighted by Crippen LogP contribution is 2.60. The molecular formula is C29H35NS. The van der Waals surface area contributed by atoms with Crippen molar-refractivity contribution in [2.45, 2.75) is 76.7 Å². The number of unbranched alkanes of at least 4 members (excludes halogenated alkanes) is 3. The normalized spacial score (nSPS) is 21.0. The van der Waals surface area contributed by atoms with Crippen LogP contribution in [0.25, 0.3) is 5.57 Å². The van der Waals surface area contributed by atoms with Gasteiger partial charge in [0.15, 0.2) is 0 Å². The third kappa shape index (κ3) is 3.69. The summed E-state index contributed by atoms with van der Waals surface area (Å²) in [5, 5.41) is 3.83. The van der Waals surface area contributed by atoms with Crippen molar-refractivity contribution in [1.82, 2.24) is 5.32 Å². The SMILES string of the molecule is C=C(CCCCCC)C(=S)NC12C(=C)c3ccccc3C1Cc1cc(C(C)C)ccc12. The first-order valence-electron chi connectivity index (χ1n) is 11.8. The van der Waals surface area contributed by atoms with Crippen molar-refractivity contribution in [1.29, 1.82) is 0 Å². The van der Waals surface area contributed by atoms with Gasteiger partial charge in [-0.05, 0) is 64.1 Å². The van der Waals surface area contributed by atoms with Crippen molar-refractivity contribution in [2.24, 2.45) is 0 Å². The van der Waals surface area contributed by atoms with Crippen LogP contribution >= 0.6 is 12.2 Å². The molecule has 0 spiro atoms. The summed E-state index contributed by atoms with van der Waals surface area (Å²) in [7, 11) is 0. The fourth-order valence-electron chi connectivity index (χ4n) is 5.47. The fourth-order valence-corrected chi connectivity index (χ4v) is 5.73. The number of hydrogen-bond acceptors (Lipinski definition) is 1. The highest BCUT2D eigenvalue weighted by Gasteiger charge is 2.55. The molecule has 2 aromatic rings. The second-order valence-corrected chi connectivity index (χ2v) is 9.98. The van der Waals surface area contributed by atoms with Gasteiger partial charge in [-0.15, -0.1) is 0 Å². The average molecular weight is 430 g/mol. The van der Waals surface area contributed by atoms with Crippen molar-refractivity contribution in [3.8, 4) is 0 Å². The van der Waals surface area contributed by atoms with Gasteiger partial charge in [0.05, 0.1) is 5.54 Å². The molecule has 2 atom stereocenters. The van der Waals surface area contributed by atoms with Crippen LogP contribution in [0.3, 0.4) is 0 Å². The third-order valence-electron chi connectivity index (χ3n) is 7.27. The fraction of sp³-hybridized carbons (Fsp3) is 0.414. The molecule has 2 aliphatic rings. The number of rotatable bonds is 8. The smallest absolute Gasteiger partial charge is 0.102 e. The number of hydrogen-bond donors (Lipinski definition) is 1. The molecule has 2 aliphatic carbocycles. The van der Waals surface area contributed by atoms with Gasteiger partial charge in [-0.25, -0.2) is 0 Å². The van der Waals surface area contributed by atoms with Crippen LogP contribution in [-0.4, -0.2) is 4.99 Å². The van der Waals surface area contributed by atoms with Gasteiger partial charge in [-0.2, -0.15) is 0 Å². The van der Waals surface area contributed by atoms with Crippen molar-refractivity contribution >= 4 is 22.8 Å². The molecule has 0 heterocycles. The maximum atomic E-state index is 5.92. The Morgan fingerprint density at radius 1 is 1.16 bits per heavy atom. The Kier molecular flexibility index (Phi) is 6.21. The van der Waals surface area contributed by atoms with Gasteiger partial charge in [-0.1, -0.05) is 108 Å². The van der Waals surface area contributed by atoms with E-state index in [0.29, 0.717) is 11.8 Å². The summed E-state index contributed by atoms with van der Waals surface area (Å²) in [5.74, 6) is 0.841. The van der Waals surface area contributed by atoms with E-state index in [1.807, 2.05) is 0 Å². The van der Waals surface area contributed by atoms with Crippen LogP contribution < -0.4 is 5.32 Å². The largest absolute Gasteiger partial charge is 0.362 e. The summed E-state index contributed by atoms with van der Waals surface area (Å²) >= 11 is 5.92. The van der Waals surface area contributed by atoms with Crippen LogP contribution in [0.5, 0.6) is 0 Å². The summed E-state index contributed by atoms with van der Waals surface area (Å²) in [5.41, 5.74) is 8.66. The van der Waals surface area contributed by atoms with E-state index in [9.17, 15) is 0 Å². The second kappa shape index (κ2) is 8.74. The monoisotopic (exact) mass is 429 g/mol. The van der Waals surface area contributed by atoms with E-state index >= 15 is 0 Å². The molecule has 1 N–H and O–H groups in total. The zero-order valence-electron chi connectivity index (χ0n) is 19.3. The summed E-state index contributed by atoms with van der Waals surface area (Å²) in [6, 6.07) is 15.8. The Labute approximate surface area is 193 Å². The lowest BCUT2D eigenvalue weighted by Crippen LogP contribution is -2.46. The lowest BCUT2D eigenvalue weighted by atomic mass is 9.81. The molecule has 0 aliphatic heterocycles. The molecule has 0 aromatic heterocycles. The first kappa shape index (κ1) is 22.0. The number of benzene rings is 2. The molecule has 0 saturated carbocycles. The van der Waals surface area contributed by atoms with E-state index in [1.165, 1.54) is 47.1 Å². The van der Waals surface area contributed by atoms with Crippen LogP contribution in [-0.2, 0) is 12.0 Å². The number of nitrogens with one attached hydrogen (secondary N) is 1. The van der Waals surface area contributed by atoms with Gasteiger partial charge >= 0.3 is 0 Å². The minimum Gasteiger partial charge on any atom is -0.362 e. The van der Waals surface area contributed by atoms with E-state index in [1.54, 1.807) is 0 Å². The lowest BCUT2D eigenvalue weighted by molar-refractivity contribution is 0.466. The van der Waals surface area contributed by atoms with Crippen molar-refractivity contribution in [2.75, 3.05) is 0 Å². The summed E-state index contributed by atoms with van der Waals surface area (Å²) in [4.78, 5) is 0.802. The van der Waals surface area contributed by atoms with E-state index in [4.69, 9.17) is 12.2 Å². The van der Waals surface area contributed by atoms with E-state index in [2.05, 4.69) is 81.7 Å². The standard InChI is InChI=1S/C29H35NS/c1-6-7-8-9-12-20(4)28(31)30-29-21(5)24-13-10-11-14-25(24)27(29)18-23-17-22(19(2)3)15-16-26(23)29/h10-11,13-17,19,27H,4-9,12,18H2,1-3H3,(H,30,31). The van der Waals surface area contributed by atoms with Gasteiger partial charge in [0, 0.05) is 5.92 Å². The Bertz CT molecular complexity index is 1030. The van der Waals surface area contributed by atoms with Crippen LogP contribution in [0, 0.1) is 0 Å². The quantitative estimate of drug-likeness (QED) is 0.261. The molecule has 2 unspecified atom stereocenters. The molecular weight excluding hydrogens is 394 g/mol. The number of fused-ring (bicyclic) bond motifs is 5. The Morgan fingerprint density at radius 3 is 2.68 bits per heavy atom. The lowest BCUT2D eigenvalue weighted by Gasteiger charge is -2.35. The van der Waals surface area contributed by atoms with Gasteiger partial charge < -0.3 is 5.32 Å². The van der Waals surface area contributed by atoms with Crippen LogP contribution in [0.4, 0.5) is 0 Å². The van der Waals surface area contributed by atoms with Gasteiger partial charge in [0.2, 0.25) is 0 Å². The van der Waals surface area contributed by atoms with Crippen LogP contribution in [0.15, 0.2) is 61.2 Å². The molecule has 0 saturated heterocycles. The Balaban J connectivity index is 1.69. The van der Waals surface area contributed by atoms with Crippen molar-refractivity contribution in [3.05, 3.63) is 89.0 Å². The maximum Gasteiger partial charge on any atom is 0.102 e. The van der Waals surface area contributed by atoms with Crippen LogP contribution in [0.1, 0.15) is 92.5 Å². The molecule has 1 nitrogen and oxygen atoms in total. The average Bonchev–Trinajstić information content (AvgIpc) is 3.20. The first-order chi connectivity index (χ1) is 14.9. The highest BCUT2D eigenvalue weighted by atomic mass is 32.1. The molecule has 0 amide bonds. The molecule has 31 heavy (non-hydrogen) atoms. The maximum absolute atomic E-state index is 5.92. The topological polar surface area (TPSA) is 12.0 Å². The highest BCUT2D eigenvalue weighted by molar-refractivity contribution is 7.80. The van der Waals surface area contributed by atoms with Crippen LogP contribution in [0.2, 0.25) is 0 Å². The number of thiocarbonyl (C=S) groups is 1. The molecule has 2 aromatic carbocycles. The van der Waals surface area contributed by atoms with Crippen molar-refractivity contribution in [3.63, 3.8) is 0 Å². The van der Waals surface area contributed by atoms with E-state index < -0.39 is 0 Å². The minimum absolute atomic E-state index is 0.319. The van der Waals surface area contributed by atoms with Crippen molar-refractivity contribution < 1.29 is 0 Å². The predicted molar refractivity (Wildman–Crippen MR) is 138 cm³/mol. The zero-order valence-corrected chi connectivity index (χ0v) is 20.1. The molecule has 162 valence electrons. The van der Waals surface area contributed by atoms with E-state index in [0.717, 1.165) is 35.4 Å². The Morgan fingerprint density at radius 2 is 1.94 bits per heavy atom. The minimum atomic E-state index is -0.363. The third-order valence-corrected chi connectivity index (χ3v) is 7.66. The first-order valence-corrected chi connectivity index (χ1v) is 12.2. The van der Waals surface area contributed by atoms with Gasteiger partial charge in [0.1, 0.15) is 4.99 Å². The van der Waals surface area contributed by atoms with Gasteiger partial charge in [-0.3, -0.25) is 0 Å². The summed E-state index contributed by atoms with van der Waals surface area (Å²) in [6.45, 7) is 15.7. The second-order valence-electron chi connectivity index (χ2n) is 9.57. The molecule has 2 heteroatoms. The summed E-state index contributed by atoms with van der Waals surface area (Å²) in [6.07, 6.45) is 6.89. The molecule has 0 radical (unpaired) electrons. The Hall–Kier alpha value is -2.19. The molecule has 0 fully saturated rings. The van der Waals surface area contributed by atoms with Gasteiger partial charge in [0.25, 0.3) is 0 Å². The predicted octanol–water partition coefficient (Wildman–Crippen LogP) is 7.82. The molecule has 0 bridgehead atoms. The summed E-state index contributed by atoms with van der Waals surface area (Å²) < 4.78 is 0.